The van der Waals surface area contributed by atoms with E-state index in [-0.39, 0.29) is 5.82 Å². The van der Waals surface area contributed by atoms with Crippen LogP contribution < -0.4 is 0 Å². The molecule has 13 heavy (non-hydrogen) atoms. The lowest BCUT2D eigenvalue weighted by Gasteiger charge is -2.10. The molecular formula is C10H11ClFO. The summed E-state index contributed by atoms with van der Waals surface area (Å²) in [5, 5.41) is 0.441. The molecule has 71 valence electrons. The van der Waals surface area contributed by atoms with Gasteiger partial charge in [0.15, 0.2) is 0 Å². The minimum Gasteiger partial charge on any atom is -0.375 e. The summed E-state index contributed by atoms with van der Waals surface area (Å²) in [6, 6.07) is 4.65. The van der Waals surface area contributed by atoms with Crippen LogP contribution in [0.25, 0.3) is 0 Å². The van der Waals surface area contributed by atoms with Crippen LogP contribution in [0.5, 0.6) is 0 Å². The minimum absolute atomic E-state index is 0.288. The molecule has 1 aromatic carbocycles. The monoisotopic (exact) mass is 201 g/mol. The highest BCUT2D eigenvalue weighted by Crippen LogP contribution is 2.22. The summed E-state index contributed by atoms with van der Waals surface area (Å²) in [5.41, 5.74) is 0.489. The molecule has 1 rings (SSSR count). The fraction of sp³-hybridized carbons (Fsp3) is 0.300. The number of ether oxygens (including phenoxy) is 1. The summed E-state index contributed by atoms with van der Waals surface area (Å²) in [7, 11) is 1.56. The van der Waals surface area contributed by atoms with Crippen molar-refractivity contribution in [2.75, 3.05) is 7.11 Å². The van der Waals surface area contributed by atoms with Crippen LogP contribution in [0.15, 0.2) is 18.2 Å². The molecule has 1 aromatic rings. The number of rotatable bonds is 3. The number of hydrogen-bond donors (Lipinski definition) is 0. The summed E-state index contributed by atoms with van der Waals surface area (Å²) in [5.74, 6) is -0.288. The van der Waals surface area contributed by atoms with Crippen molar-refractivity contribution in [2.45, 2.75) is 13.3 Å². The van der Waals surface area contributed by atoms with Crippen LogP contribution in [0, 0.1) is 11.9 Å². The van der Waals surface area contributed by atoms with E-state index in [0.717, 1.165) is 6.10 Å². The first kappa shape index (κ1) is 10.5. The van der Waals surface area contributed by atoms with Gasteiger partial charge in [-0.1, -0.05) is 17.7 Å². The van der Waals surface area contributed by atoms with E-state index in [1.54, 1.807) is 26.2 Å². The standard InChI is InChI=1S/C10H11ClFO/c1-7(13-2)6-8-9(11)4-3-5-10(8)12/h3-5H,6H2,1-2H3. The Balaban J connectivity index is 2.87. The molecule has 0 saturated heterocycles. The van der Waals surface area contributed by atoms with Crippen molar-refractivity contribution in [1.29, 1.82) is 0 Å². The van der Waals surface area contributed by atoms with Gasteiger partial charge in [-0.2, -0.15) is 0 Å². The van der Waals surface area contributed by atoms with Crippen LogP contribution in [0.2, 0.25) is 5.02 Å². The molecule has 0 N–H and O–H groups in total. The van der Waals surface area contributed by atoms with Crippen molar-refractivity contribution in [2.24, 2.45) is 0 Å². The fourth-order valence-electron chi connectivity index (χ4n) is 1.02. The van der Waals surface area contributed by atoms with Crippen molar-refractivity contribution >= 4 is 11.6 Å². The summed E-state index contributed by atoms with van der Waals surface area (Å²) in [6.07, 6.45) is 1.16. The van der Waals surface area contributed by atoms with Crippen molar-refractivity contribution in [3.63, 3.8) is 0 Å². The molecule has 0 aliphatic rings. The molecule has 0 aliphatic carbocycles. The molecule has 0 unspecified atom stereocenters. The Morgan fingerprint density at radius 3 is 2.77 bits per heavy atom. The molecule has 1 nitrogen and oxygen atoms in total. The van der Waals surface area contributed by atoms with Gasteiger partial charge in [-0.3, -0.25) is 0 Å². The van der Waals surface area contributed by atoms with Crippen LogP contribution in [0.4, 0.5) is 4.39 Å². The number of hydrogen-bond acceptors (Lipinski definition) is 1. The largest absolute Gasteiger partial charge is 0.375 e. The summed E-state index contributed by atoms with van der Waals surface area (Å²) >= 11 is 5.82. The lowest BCUT2D eigenvalue weighted by atomic mass is 10.1. The molecule has 3 heteroatoms. The highest BCUT2D eigenvalue weighted by molar-refractivity contribution is 6.31. The molecule has 0 heterocycles. The molecule has 0 spiro atoms. The van der Waals surface area contributed by atoms with Gasteiger partial charge < -0.3 is 4.74 Å². The van der Waals surface area contributed by atoms with Gasteiger partial charge in [-0.25, -0.2) is 4.39 Å². The van der Waals surface area contributed by atoms with Gasteiger partial charge in [0.25, 0.3) is 0 Å². The van der Waals surface area contributed by atoms with E-state index >= 15 is 0 Å². The molecule has 0 bridgehead atoms. The molecule has 0 fully saturated rings. The van der Waals surface area contributed by atoms with E-state index in [9.17, 15) is 4.39 Å². The normalized spacial score (nSPS) is 10.8. The topological polar surface area (TPSA) is 9.23 Å². The van der Waals surface area contributed by atoms with Crippen molar-refractivity contribution in [3.8, 4) is 0 Å². The number of methoxy groups -OCH3 is 1. The SMILES string of the molecule is CO[C](C)Cc1c(F)cccc1Cl. The summed E-state index contributed by atoms with van der Waals surface area (Å²) in [6.45, 7) is 1.79. The third-order valence-corrected chi connectivity index (χ3v) is 2.19. The Kier molecular flexibility index (Phi) is 3.70. The van der Waals surface area contributed by atoms with Crippen molar-refractivity contribution < 1.29 is 9.13 Å². The van der Waals surface area contributed by atoms with Gasteiger partial charge in [-0.05, 0) is 19.1 Å². The van der Waals surface area contributed by atoms with Crippen LogP contribution in [-0.2, 0) is 11.2 Å². The summed E-state index contributed by atoms with van der Waals surface area (Å²) < 4.78 is 18.1. The van der Waals surface area contributed by atoms with Gasteiger partial charge in [0.1, 0.15) is 5.82 Å². The highest BCUT2D eigenvalue weighted by Gasteiger charge is 2.10. The Morgan fingerprint density at radius 2 is 2.23 bits per heavy atom. The van der Waals surface area contributed by atoms with E-state index in [0.29, 0.717) is 17.0 Å². The Labute approximate surface area is 82.5 Å². The minimum atomic E-state index is -0.288. The molecule has 0 atom stereocenters. The molecular weight excluding hydrogens is 191 g/mol. The maximum Gasteiger partial charge on any atom is 0.127 e. The third-order valence-electron chi connectivity index (χ3n) is 1.84. The predicted molar refractivity (Wildman–Crippen MR) is 51.0 cm³/mol. The second-order valence-electron chi connectivity index (χ2n) is 2.78. The van der Waals surface area contributed by atoms with Crippen LogP contribution in [-0.4, -0.2) is 7.11 Å². The van der Waals surface area contributed by atoms with E-state index < -0.39 is 0 Å². The third kappa shape index (κ3) is 2.68. The average Bonchev–Trinajstić information content (AvgIpc) is 2.11. The molecule has 0 aliphatic heterocycles. The zero-order chi connectivity index (χ0) is 9.84. The Bertz CT molecular complexity index is 268. The molecule has 0 amide bonds. The van der Waals surface area contributed by atoms with Gasteiger partial charge in [0.05, 0.1) is 6.10 Å². The average molecular weight is 202 g/mol. The van der Waals surface area contributed by atoms with E-state index in [2.05, 4.69) is 0 Å². The van der Waals surface area contributed by atoms with Crippen molar-refractivity contribution in [3.05, 3.63) is 40.7 Å². The highest BCUT2D eigenvalue weighted by atomic mass is 35.5. The maximum atomic E-state index is 13.2. The molecule has 1 radical (unpaired) electrons. The first-order valence-corrected chi connectivity index (χ1v) is 4.32. The smallest absolute Gasteiger partial charge is 0.127 e. The fourth-order valence-corrected chi connectivity index (χ4v) is 1.25. The van der Waals surface area contributed by atoms with Gasteiger partial charge >= 0.3 is 0 Å². The van der Waals surface area contributed by atoms with Gasteiger partial charge in [0, 0.05) is 24.1 Å². The molecule has 0 saturated carbocycles. The van der Waals surface area contributed by atoms with E-state index in [1.165, 1.54) is 6.07 Å². The van der Waals surface area contributed by atoms with Crippen LogP contribution >= 0.6 is 11.6 Å². The first-order chi connectivity index (χ1) is 6.15. The molecule has 0 aromatic heterocycles. The van der Waals surface area contributed by atoms with Gasteiger partial charge in [-0.15, -0.1) is 0 Å². The Morgan fingerprint density at radius 1 is 1.54 bits per heavy atom. The van der Waals surface area contributed by atoms with E-state index in [4.69, 9.17) is 16.3 Å². The van der Waals surface area contributed by atoms with E-state index in [1.807, 2.05) is 0 Å². The number of halogens is 2. The van der Waals surface area contributed by atoms with Crippen LogP contribution in [0.3, 0.4) is 0 Å². The van der Waals surface area contributed by atoms with Crippen molar-refractivity contribution in [1.82, 2.24) is 0 Å². The first-order valence-electron chi connectivity index (χ1n) is 3.94. The second-order valence-corrected chi connectivity index (χ2v) is 3.19. The Hall–Kier alpha value is -0.600. The zero-order valence-electron chi connectivity index (χ0n) is 7.60. The lowest BCUT2D eigenvalue weighted by Crippen LogP contribution is -2.02. The lowest BCUT2D eigenvalue weighted by molar-refractivity contribution is 0.210. The maximum absolute atomic E-state index is 13.2. The zero-order valence-corrected chi connectivity index (χ0v) is 8.36. The van der Waals surface area contributed by atoms with Gasteiger partial charge in [0.2, 0.25) is 0 Å². The second kappa shape index (κ2) is 4.58. The quantitative estimate of drug-likeness (QED) is 0.730. The van der Waals surface area contributed by atoms with Crippen LogP contribution in [0.1, 0.15) is 12.5 Å². The predicted octanol–water partition coefficient (Wildman–Crippen LogP) is 3.22. The summed E-state index contributed by atoms with van der Waals surface area (Å²) in [4.78, 5) is 0. The number of benzene rings is 1.